The summed E-state index contributed by atoms with van der Waals surface area (Å²) in [4.78, 5) is 35.8. The van der Waals surface area contributed by atoms with E-state index in [1.807, 2.05) is 0 Å². The monoisotopic (exact) mass is 423 g/mol. The third-order valence-corrected chi connectivity index (χ3v) is 3.97. The summed E-state index contributed by atoms with van der Waals surface area (Å²) >= 11 is 3.22. The first-order valence-electron chi connectivity index (χ1n) is 7.40. The first-order valence-corrected chi connectivity index (χ1v) is 8.19. The van der Waals surface area contributed by atoms with Gasteiger partial charge in [0.1, 0.15) is 5.82 Å². The van der Waals surface area contributed by atoms with Crippen LogP contribution in [-0.4, -0.2) is 32.1 Å². The van der Waals surface area contributed by atoms with E-state index in [2.05, 4.69) is 30.7 Å². The minimum Gasteiger partial charge on any atom is -0.465 e. The van der Waals surface area contributed by atoms with Crippen LogP contribution in [0, 0.1) is 5.82 Å². The molecular weight excluding hydrogens is 409 g/mol. The predicted octanol–water partition coefficient (Wildman–Crippen LogP) is 3.34. The van der Waals surface area contributed by atoms with E-state index in [9.17, 15) is 18.8 Å². The molecule has 0 atom stereocenters. The Labute approximate surface area is 157 Å². The van der Waals surface area contributed by atoms with Crippen molar-refractivity contribution in [2.24, 2.45) is 0 Å². The molecule has 1 amide bonds. The Hall–Kier alpha value is -2.74. The van der Waals surface area contributed by atoms with E-state index in [0.29, 0.717) is 4.47 Å². The van der Waals surface area contributed by atoms with Crippen molar-refractivity contribution in [1.82, 2.24) is 0 Å². The van der Waals surface area contributed by atoms with E-state index >= 15 is 0 Å². The fourth-order valence-corrected chi connectivity index (χ4v) is 2.64. The molecule has 0 aromatic heterocycles. The highest BCUT2D eigenvalue weighted by molar-refractivity contribution is 9.10. The van der Waals surface area contributed by atoms with Crippen molar-refractivity contribution >= 4 is 39.5 Å². The molecule has 0 bridgehead atoms. The van der Waals surface area contributed by atoms with Gasteiger partial charge in [0, 0.05) is 4.47 Å². The number of halogens is 2. The van der Waals surface area contributed by atoms with Gasteiger partial charge < -0.3 is 14.8 Å². The van der Waals surface area contributed by atoms with Gasteiger partial charge in [-0.15, -0.1) is 0 Å². The molecule has 0 heterocycles. The third-order valence-electron chi connectivity index (χ3n) is 3.48. The Morgan fingerprint density at radius 3 is 2.38 bits per heavy atom. The number of hydrogen-bond acceptors (Lipinski definition) is 5. The number of carbonyl (C=O) groups is 3. The molecule has 0 saturated carbocycles. The van der Waals surface area contributed by atoms with E-state index in [1.165, 1.54) is 50.6 Å². The van der Waals surface area contributed by atoms with Crippen LogP contribution in [0.4, 0.5) is 10.1 Å². The quantitative estimate of drug-likeness (QED) is 0.745. The largest absolute Gasteiger partial charge is 0.465 e. The second-order valence-corrected chi connectivity index (χ2v) is 6.12. The summed E-state index contributed by atoms with van der Waals surface area (Å²) in [7, 11) is 2.41. The number of carbonyl (C=O) groups excluding carboxylic acids is 3. The summed E-state index contributed by atoms with van der Waals surface area (Å²) in [6.45, 7) is 0. The number of amides is 1. The Balaban J connectivity index is 2.30. The smallest absolute Gasteiger partial charge is 0.339 e. The topological polar surface area (TPSA) is 81.7 Å². The van der Waals surface area contributed by atoms with E-state index in [0.717, 1.165) is 0 Å². The summed E-state index contributed by atoms with van der Waals surface area (Å²) < 4.78 is 23.7. The van der Waals surface area contributed by atoms with Crippen LogP contribution in [-0.2, 0) is 20.7 Å². The van der Waals surface area contributed by atoms with Crippen LogP contribution in [0.5, 0.6) is 0 Å². The van der Waals surface area contributed by atoms with Gasteiger partial charge in [0.25, 0.3) is 0 Å². The molecule has 136 valence electrons. The number of rotatable bonds is 5. The van der Waals surface area contributed by atoms with Gasteiger partial charge in [-0.2, -0.15) is 0 Å². The summed E-state index contributed by atoms with van der Waals surface area (Å²) in [6.07, 6.45) is -0.256. The maximum Gasteiger partial charge on any atom is 0.339 e. The summed E-state index contributed by atoms with van der Waals surface area (Å²) in [6, 6.07) is 8.26. The molecule has 0 aliphatic carbocycles. The number of methoxy groups -OCH3 is 2. The van der Waals surface area contributed by atoms with Crippen LogP contribution in [0.2, 0.25) is 0 Å². The molecule has 0 spiro atoms. The molecule has 0 aliphatic rings. The third kappa shape index (κ3) is 4.66. The number of esters is 2. The molecule has 0 unspecified atom stereocenters. The fourth-order valence-electron chi connectivity index (χ4n) is 2.23. The Bertz CT molecular complexity index is 869. The van der Waals surface area contributed by atoms with Gasteiger partial charge in [-0.1, -0.05) is 15.9 Å². The van der Waals surface area contributed by atoms with Crippen LogP contribution in [0.3, 0.4) is 0 Å². The molecule has 0 aliphatic heterocycles. The molecule has 2 aromatic rings. The zero-order chi connectivity index (χ0) is 19.3. The molecule has 1 N–H and O–H groups in total. The van der Waals surface area contributed by atoms with Crippen LogP contribution < -0.4 is 5.32 Å². The molecular formula is C18H15BrFNO5. The number of anilines is 1. The van der Waals surface area contributed by atoms with Crippen LogP contribution in [0.25, 0.3) is 0 Å². The maximum absolute atomic E-state index is 13.8. The first kappa shape index (κ1) is 19.6. The second-order valence-electron chi connectivity index (χ2n) is 5.20. The molecule has 2 rings (SSSR count). The number of hydrogen-bond donors (Lipinski definition) is 1. The van der Waals surface area contributed by atoms with Crippen molar-refractivity contribution in [3.8, 4) is 0 Å². The SMILES string of the molecule is COC(=O)c1ccc(C(=O)OC)c(NC(=O)Cc2cc(Br)ccc2F)c1. The van der Waals surface area contributed by atoms with Gasteiger partial charge in [-0.25, -0.2) is 14.0 Å². The van der Waals surface area contributed by atoms with Gasteiger partial charge >= 0.3 is 11.9 Å². The van der Waals surface area contributed by atoms with Crippen molar-refractivity contribution in [1.29, 1.82) is 0 Å². The first-order chi connectivity index (χ1) is 12.3. The fraction of sp³-hybridized carbons (Fsp3) is 0.167. The summed E-state index contributed by atoms with van der Waals surface area (Å²) in [5.41, 5.74) is 0.452. The number of ether oxygens (including phenoxy) is 2. The van der Waals surface area contributed by atoms with E-state index in [4.69, 9.17) is 0 Å². The molecule has 0 saturated heterocycles. The minimum absolute atomic E-state index is 0.0585. The van der Waals surface area contributed by atoms with Crippen LogP contribution in [0.15, 0.2) is 40.9 Å². The van der Waals surface area contributed by atoms with Crippen LogP contribution >= 0.6 is 15.9 Å². The van der Waals surface area contributed by atoms with Crippen LogP contribution in [0.1, 0.15) is 26.3 Å². The predicted molar refractivity (Wildman–Crippen MR) is 95.6 cm³/mol. The van der Waals surface area contributed by atoms with Gasteiger partial charge in [-0.05, 0) is 42.0 Å². The lowest BCUT2D eigenvalue weighted by Gasteiger charge is -2.12. The molecule has 0 fully saturated rings. The second kappa shape index (κ2) is 8.57. The molecule has 2 aromatic carbocycles. The van der Waals surface area contributed by atoms with Gasteiger partial charge in [0.15, 0.2) is 0 Å². The number of nitrogens with one attached hydrogen (secondary N) is 1. The Morgan fingerprint density at radius 1 is 1.04 bits per heavy atom. The van der Waals surface area contributed by atoms with Crippen molar-refractivity contribution in [2.45, 2.75) is 6.42 Å². The minimum atomic E-state index is -0.689. The highest BCUT2D eigenvalue weighted by atomic mass is 79.9. The molecule has 0 radical (unpaired) electrons. The van der Waals surface area contributed by atoms with Crippen molar-refractivity contribution in [3.63, 3.8) is 0 Å². The molecule has 8 heteroatoms. The highest BCUT2D eigenvalue weighted by Crippen LogP contribution is 2.21. The van der Waals surface area contributed by atoms with E-state index < -0.39 is 23.7 Å². The molecule has 26 heavy (non-hydrogen) atoms. The van der Waals surface area contributed by atoms with Crippen molar-refractivity contribution < 1.29 is 28.2 Å². The van der Waals surface area contributed by atoms with Gasteiger partial charge in [0.05, 0.1) is 37.5 Å². The Morgan fingerprint density at radius 2 is 1.73 bits per heavy atom. The lowest BCUT2D eigenvalue weighted by Crippen LogP contribution is -2.18. The zero-order valence-corrected chi connectivity index (χ0v) is 15.6. The lowest BCUT2D eigenvalue weighted by molar-refractivity contribution is -0.115. The van der Waals surface area contributed by atoms with E-state index in [1.54, 1.807) is 0 Å². The van der Waals surface area contributed by atoms with Crippen molar-refractivity contribution in [2.75, 3.05) is 19.5 Å². The average Bonchev–Trinajstić information content (AvgIpc) is 2.63. The average molecular weight is 424 g/mol. The maximum atomic E-state index is 13.8. The summed E-state index contributed by atoms with van der Waals surface area (Å²) in [5, 5.41) is 2.51. The normalized spacial score (nSPS) is 10.2. The van der Waals surface area contributed by atoms with Gasteiger partial charge in [0.2, 0.25) is 5.91 Å². The van der Waals surface area contributed by atoms with E-state index in [-0.39, 0.29) is 28.8 Å². The number of benzene rings is 2. The van der Waals surface area contributed by atoms with Crippen molar-refractivity contribution in [3.05, 3.63) is 63.4 Å². The zero-order valence-electron chi connectivity index (χ0n) is 14.0. The Kier molecular flexibility index (Phi) is 6.46. The highest BCUT2D eigenvalue weighted by Gasteiger charge is 2.18. The van der Waals surface area contributed by atoms with Gasteiger partial charge in [-0.3, -0.25) is 4.79 Å². The summed E-state index contributed by atoms with van der Waals surface area (Å²) in [5.74, 6) is -2.41. The lowest BCUT2D eigenvalue weighted by atomic mass is 10.1. The standard InChI is InChI=1S/C18H15BrFNO5/c1-25-17(23)10-3-5-13(18(24)26-2)15(8-10)21-16(22)9-11-7-12(19)4-6-14(11)20/h3-8H,9H2,1-2H3,(H,21,22). The molecule has 6 nitrogen and oxygen atoms in total.